The maximum atomic E-state index is 12.5. The molecule has 0 bridgehead atoms. The van der Waals surface area contributed by atoms with Gasteiger partial charge in [-0.15, -0.1) is 0 Å². The second-order valence-electron chi connectivity index (χ2n) is 5.47. The summed E-state index contributed by atoms with van der Waals surface area (Å²) in [5, 5.41) is 3.44. The van der Waals surface area contributed by atoms with Crippen molar-refractivity contribution in [1.29, 1.82) is 0 Å². The second kappa shape index (κ2) is 6.49. The molecule has 0 fully saturated rings. The number of ether oxygens (including phenoxy) is 2. The van der Waals surface area contributed by atoms with Gasteiger partial charge >= 0.3 is 0 Å². The quantitative estimate of drug-likeness (QED) is 0.772. The van der Waals surface area contributed by atoms with Crippen molar-refractivity contribution >= 4 is 32.6 Å². The predicted molar refractivity (Wildman–Crippen MR) is 96.6 cm³/mol. The van der Waals surface area contributed by atoms with Crippen LogP contribution >= 0.6 is 11.3 Å². The molecule has 124 valence electrons. The molecule has 2 aromatic carbocycles. The van der Waals surface area contributed by atoms with Crippen LogP contribution in [0.5, 0.6) is 11.5 Å². The van der Waals surface area contributed by atoms with E-state index in [0.29, 0.717) is 22.2 Å². The molecule has 1 aromatic heterocycles. The monoisotopic (exact) mass is 342 g/mol. The second-order valence-corrected chi connectivity index (χ2v) is 6.50. The first-order valence-electron chi connectivity index (χ1n) is 7.43. The molecule has 3 aromatic rings. The number of aromatic nitrogens is 1. The Hall–Kier alpha value is -2.60. The number of nitrogens with one attached hydrogen (secondary N) is 1. The summed E-state index contributed by atoms with van der Waals surface area (Å²) in [5.74, 6) is 0.866. The molecule has 0 unspecified atom stereocenters. The van der Waals surface area contributed by atoms with E-state index in [0.717, 1.165) is 15.8 Å². The molecule has 5 nitrogen and oxygen atoms in total. The summed E-state index contributed by atoms with van der Waals surface area (Å²) in [7, 11) is 3.10. The predicted octanol–water partition coefficient (Wildman–Crippen LogP) is 4.18. The normalized spacial score (nSPS) is 10.7. The van der Waals surface area contributed by atoms with Gasteiger partial charge in [0.05, 0.1) is 24.4 Å². The zero-order valence-electron chi connectivity index (χ0n) is 14.0. The number of methoxy groups -OCH3 is 2. The minimum atomic E-state index is -0.232. The number of fused-ring (bicyclic) bond motifs is 1. The van der Waals surface area contributed by atoms with Gasteiger partial charge in [-0.05, 0) is 49.2 Å². The Morgan fingerprint density at radius 2 is 1.83 bits per heavy atom. The van der Waals surface area contributed by atoms with Crippen LogP contribution in [-0.4, -0.2) is 25.1 Å². The largest absolute Gasteiger partial charge is 0.493 e. The fourth-order valence-corrected chi connectivity index (χ4v) is 3.61. The van der Waals surface area contributed by atoms with E-state index < -0.39 is 0 Å². The average molecular weight is 342 g/mol. The van der Waals surface area contributed by atoms with E-state index >= 15 is 0 Å². The molecule has 1 amide bonds. The van der Waals surface area contributed by atoms with Crippen molar-refractivity contribution in [3.8, 4) is 11.5 Å². The van der Waals surface area contributed by atoms with Gasteiger partial charge in [0, 0.05) is 5.56 Å². The molecule has 0 aliphatic heterocycles. The van der Waals surface area contributed by atoms with Crippen molar-refractivity contribution < 1.29 is 14.3 Å². The zero-order valence-corrected chi connectivity index (χ0v) is 14.8. The molecule has 0 saturated carbocycles. The van der Waals surface area contributed by atoms with E-state index in [1.54, 1.807) is 25.3 Å². The highest BCUT2D eigenvalue weighted by Gasteiger charge is 2.14. The van der Waals surface area contributed by atoms with Crippen molar-refractivity contribution in [2.24, 2.45) is 0 Å². The zero-order chi connectivity index (χ0) is 17.3. The molecule has 6 heteroatoms. The summed E-state index contributed by atoms with van der Waals surface area (Å²) in [5.41, 5.74) is 3.70. The number of hydrogen-bond acceptors (Lipinski definition) is 5. The minimum absolute atomic E-state index is 0.232. The number of rotatable bonds is 4. The highest BCUT2D eigenvalue weighted by molar-refractivity contribution is 7.22. The van der Waals surface area contributed by atoms with Gasteiger partial charge in [-0.3, -0.25) is 10.1 Å². The Morgan fingerprint density at radius 3 is 2.54 bits per heavy atom. The van der Waals surface area contributed by atoms with Crippen LogP contribution in [0.15, 0.2) is 30.3 Å². The van der Waals surface area contributed by atoms with E-state index in [1.807, 2.05) is 13.8 Å². The van der Waals surface area contributed by atoms with Crippen LogP contribution in [0.25, 0.3) is 10.2 Å². The number of nitrogens with zero attached hydrogens (tertiary/aromatic N) is 1. The van der Waals surface area contributed by atoms with E-state index in [2.05, 4.69) is 22.4 Å². The van der Waals surface area contributed by atoms with Crippen LogP contribution in [0.3, 0.4) is 0 Å². The van der Waals surface area contributed by atoms with E-state index in [-0.39, 0.29) is 5.91 Å². The van der Waals surface area contributed by atoms with Crippen molar-refractivity contribution in [2.45, 2.75) is 13.8 Å². The summed E-state index contributed by atoms with van der Waals surface area (Å²) < 4.78 is 11.5. The number of benzene rings is 2. The lowest BCUT2D eigenvalue weighted by molar-refractivity contribution is 0.102. The van der Waals surface area contributed by atoms with Crippen molar-refractivity contribution in [1.82, 2.24) is 4.98 Å². The summed E-state index contributed by atoms with van der Waals surface area (Å²) in [6.45, 7) is 4.07. The maximum absolute atomic E-state index is 12.5. The molecule has 0 spiro atoms. The van der Waals surface area contributed by atoms with Crippen LogP contribution in [0.4, 0.5) is 5.13 Å². The molecule has 1 heterocycles. The van der Waals surface area contributed by atoms with E-state index in [9.17, 15) is 4.79 Å². The van der Waals surface area contributed by atoms with E-state index in [4.69, 9.17) is 9.47 Å². The van der Waals surface area contributed by atoms with E-state index in [1.165, 1.54) is 24.0 Å². The molecular weight excluding hydrogens is 324 g/mol. The van der Waals surface area contributed by atoms with Gasteiger partial charge in [-0.2, -0.15) is 0 Å². The molecule has 3 rings (SSSR count). The maximum Gasteiger partial charge on any atom is 0.257 e. The third kappa shape index (κ3) is 3.05. The highest BCUT2D eigenvalue weighted by atomic mass is 32.1. The first-order chi connectivity index (χ1) is 11.5. The van der Waals surface area contributed by atoms with Gasteiger partial charge < -0.3 is 9.47 Å². The summed E-state index contributed by atoms with van der Waals surface area (Å²) >= 11 is 1.47. The molecular formula is C18H18N2O3S. The van der Waals surface area contributed by atoms with Crippen LogP contribution < -0.4 is 14.8 Å². The molecule has 24 heavy (non-hydrogen) atoms. The molecule has 0 atom stereocenters. The Kier molecular flexibility index (Phi) is 4.40. The Morgan fingerprint density at radius 1 is 1.08 bits per heavy atom. The molecule has 0 aliphatic rings. The summed E-state index contributed by atoms with van der Waals surface area (Å²) in [6, 6.07) is 9.21. The lowest BCUT2D eigenvalue weighted by atomic mass is 10.1. The lowest BCUT2D eigenvalue weighted by Gasteiger charge is -2.09. The number of hydrogen-bond donors (Lipinski definition) is 1. The van der Waals surface area contributed by atoms with Gasteiger partial charge in [0.2, 0.25) is 0 Å². The first-order valence-corrected chi connectivity index (χ1v) is 8.24. The third-order valence-electron chi connectivity index (χ3n) is 3.70. The van der Waals surface area contributed by atoms with Gasteiger partial charge in [0.15, 0.2) is 16.6 Å². The number of carbonyl (C=O) groups is 1. The molecule has 1 N–H and O–H groups in total. The fourth-order valence-electron chi connectivity index (χ4n) is 2.57. The Labute approximate surface area is 144 Å². The topological polar surface area (TPSA) is 60.5 Å². The number of anilines is 1. The van der Waals surface area contributed by atoms with Gasteiger partial charge in [-0.1, -0.05) is 17.4 Å². The van der Waals surface area contributed by atoms with Crippen molar-refractivity contribution in [2.75, 3.05) is 19.5 Å². The molecule has 0 radical (unpaired) electrons. The van der Waals surface area contributed by atoms with Gasteiger partial charge in [0.25, 0.3) is 5.91 Å². The highest BCUT2D eigenvalue weighted by Crippen LogP contribution is 2.31. The number of thiazole rings is 1. The van der Waals surface area contributed by atoms with Crippen molar-refractivity contribution in [3.63, 3.8) is 0 Å². The third-order valence-corrected chi connectivity index (χ3v) is 4.61. The number of amides is 1. The SMILES string of the molecule is COc1ccc(C(=O)Nc2nc3c(C)cc(C)cc3s2)cc1OC. The minimum Gasteiger partial charge on any atom is -0.493 e. The summed E-state index contributed by atoms with van der Waals surface area (Å²) in [6.07, 6.45) is 0. The van der Waals surface area contributed by atoms with Crippen LogP contribution in [-0.2, 0) is 0 Å². The Balaban J connectivity index is 1.88. The number of carbonyl (C=O) groups excluding carboxylic acids is 1. The first kappa shape index (κ1) is 16.3. The smallest absolute Gasteiger partial charge is 0.257 e. The number of aryl methyl sites for hydroxylation is 2. The van der Waals surface area contributed by atoms with Gasteiger partial charge in [0.1, 0.15) is 0 Å². The standard InChI is InChI=1S/C18H18N2O3S/c1-10-7-11(2)16-15(8-10)24-18(19-16)20-17(21)12-5-6-13(22-3)14(9-12)23-4/h5-9H,1-4H3,(H,19,20,21). The van der Waals surface area contributed by atoms with Crippen LogP contribution in [0, 0.1) is 13.8 Å². The van der Waals surface area contributed by atoms with Crippen LogP contribution in [0.2, 0.25) is 0 Å². The van der Waals surface area contributed by atoms with Crippen molar-refractivity contribution in [3.05, 3.63) is 47.0 Å². The van der Waals surface area contributed by atoms with Crippen LogP contribution in [0.1, 0.15) is 21.5 Å². The average Bonchev–Trinajstić information content (AvgIpc) is 2.96. The van der Waals surface area contributed by atoms with Gasteiger partial charge in [-0.25, -0.2) is 4.98 Å². The Bertz CT molecular complexity index is 918. The summed E-state index contributed by atoms with van der Waals surface area (Å²) in [4.78, 5) is 17.0. The fraction of sp³-hybridized carbons (Fsp3) is 0.222. The molecule has 0 aliphatic carbocycles. The lowest BCUT2D eigenvalue weighted by Crippen LogP contribution is -2.11. The molecule has 0 saturated heterocycles.